The van der Waals surface area contributed by atoms with Gasteiger partial charge in [0.1, 0.15) is 0 Å². The van der Waals surface area contributed by atoms with E-state index in [1.165, 1.54) is 28.8 Å². The van der Waals surface area contributed by atoms with E-state index in [0.29, 0.717) is 0 Å². The molecule has 3 heteroatoms. The van der Waals surface area contributed by atoms with Gasteiger partial charge in [0.25, 0.3) is 0 Å². The fraction of sp³-hybridized carbons (Fsp3) is 0.188. The molecule has 1 N–H and O–H groups in total. The minimum absolute atomic E-state index is 1.10. The number of aromatic nitrogens is 1. The smallest absolute Gasteiger partial charge is 0.0812 e. The van der Waals surface area contributed by atoms with Crippen LogP contribution in [0.2, 0.25) is 0 Å². The first-order valence-electron chi connectivity index (χ1n) is 6.53. The highest BCUT2D eigenvalue weighted by Crippen LogP contribution is 2.20. The lowest BCUT2D eigenvalue weighted by Crippen LogP contribution is -2.10. The van der Waals surface area contributed by atoms with E-state index in [4.69, 9.17) is 0 Å². The highest BCUT2D eigenvalue weighted by molar-refractivity contribution is 7.16. The Hall–Kier alpha value is -1.87. The lowest BCUT2D eigenvalue weighted by Gasteiger charge is -2.16. The Balaban J connectivity index is 0.000000117. The average Bonchev–Trinajstić information content (AvgIpc) is 2.96. The highest BCUT2D eigenvalue weighted by atomic mass is 32.1. The highest BCUT2D eigenvalue weighted by Gasteiger charge is 2.04. The first-order valence-corrected chi connectivity index (χ1v) is 7.41. The molecule has 0 aliphatic carbocycles. The summed E-state index contributed by atoms with van der Waals surface area (Å²) in [7, 11) is 0. The zero-order valence-electron chi connectivity index (χ0n) is 10.7. The number of hydrogen-bond acceptors (Lipinski definition) is 3. The lowest BCUT2D eigenvalue weighted by molar-refractivity contribution is 0.830. The number of thiazole rings is 1. The summed E-state index contributed by atoms with van der Waals surface area (Å²) in [6.45, 7) is 1.14. The summed E-state index contributed by atoms with van der Waals surface area (Å²) in [4.78, 5) is 4.14. The van der Waals surface area contributed by atoms with Gasteiger partial charge in [-0.25, -0.2) is 4.98 Å². The molecule has 3 aromatic rings. The summed E-state index contributed by atoms with van der Waals surface area (Å²) in [5.74, 6) is 0. The molecule has 19 heavy (non-hydrogen) atoms. The van der Waals surface area contributed by atoms with Gasteiger partial charge < -0.3 is 5.32 Å². The maximum Gasteiger partial charge on any atom is 0.0812 e. The van der Waals surface area contributed by atoms with Crippen LogP contribution in [0.1, 0.15) is 12.0 Å². The molecule has 0 radical (unpaired) electrons. The van der Waals surface area contributed by atoms with Gasteiger partial charge in [0.05, 0.1) is 15.7 Å². The van der Waals surface area contributed by atoms with Crippen molar-refractivity contribution in [2.45, 2.75) is 12.8 Å². The van der Waals surface area contributed by atoms with Gasteiger partial charge in [-0.3, -0.25) is 0 Å². The summed E-state index contributed by atoms with van der Waals surface area (Å²) in [5.41, 5.74) is 5.76. The number of nitrogens with one attached hydrogen (secondary N) is 1. The molecule has 96 valence electrons. The summed E-state index contributed by atoms with van der Waals surface area (Å²) >= 11 is 1.68. The van der Waals surface area contributed by atoms with Crippen molar-refractivity contribution in [2.75, 3.05) is 11.9 Å². The van der Waals surface area contributed by atoms with Crippen molar-refractivity contribution in [3.05, 3.63) is 59.6 Å². The van der Waals surface area contributed by atoms with Crippen LogP contribution in [0.25, 0.3) is 10.2 Å². The SMILES string of the molecule is c1ccc2c(c1)CCCN2.c1ccc2scnc2c1. The van der Waals surface area contributed by atoms with E-state index in [9.17, 15) is 0 Å². The van der Waals surface area contributed by atoms with E-state index in [1.54, 1.807) is 11.3 Å². The topological polar surface area (TPSA) is 24.9 Å². The fourth-order valence-electron chi connectivity index (χ4n) is 2.22. The molecule has 4 rings (SSSR count). The Morgan fingerprint density at radius 3 is 2.74 bits per heavy atom. The van der Waals surface area contributed by atoms with Crippen LogP contribution in [-0.4, -0.2) is 11.5 Å². The van der Waals surface area contributed by atoms with Gasteiger partial charge in [0, 0.05) is 12.2 Å². The summed E-state index contributed by atoms with van der Waals surface area (Å²) < 4.78 is 1.26. The standard InChI is InChI=1S/C9H11N.C7H5NS/c1-2-6-9-8(4-1)5-3-7-10-9;1-2-4-7-6(3-1)8-5-9-7/h1-2,4,6,10H,3,5,7H2;1-5H. The molecule has 0 spiro atoms. The second-order valence-corrected chi connectivity index (χ2v) is 5.39. The Morgan fingerprint density at radius 2 is 1.84 bits per heavy atom. The number of hydrogen-bond donors (Lipinski definition) is 1. The Morgan fingerprint density at radius 1 is 1.00 bits per heavy atom. The molecule has 0 atom stereocenters. The van der Waals surface area contributed by atoms with Crippen LogP contribution in [0.5, 0.6) is 0 Å². The van der Waals surface area contributed by atoms with Gasteiger partial charge in [-0.15, -0.1) is 11.3 Å². The minimum atomic E-state index is 1.10. The number of para-hydroxylation sites is 2. The first-order chi connectivity index (χ1) is 9.43. The Bertz CT molecular complexity index is 605. The van der Waals surface area contributed by atoms with Crippen molar-refractivity contribution in [2.24, 2.45) is 0 Å². The van der Waals surface area contributed by atoms with Crippen molar-refractivity contribution in [3.63, 3.8) is 0 Å². The van der Waals surface area contributed by atoms with Crippen molar-refractivity contribution < 1.29 is 0 Å². The van der Waals surface area contributed by atoms with Gasteiger partial charge in [0.2, 0.25) is 0 Å². The number of aryl methyl sites for hydroxylation is 1. The van der Waals surface area contributed by atoms with E-state index in [0.717, 1.165) is 12.1 Å². The van der Waals surface area contributed by atoms with E-state index < -0.39 is 0 Å². The predicted octanol–water partition coefficient (Wildman–Crippen LogP) is 4.34. The molecule has 0 unspecified atom stereocenters. The molecule has 2 aromatic carbocycles. The van der Waals surface area contributed by atoms with E-state index in [2.05, 4.69) is 40.6 Å². The van der Waals surface area contributed by atoms with Gasteiger partial charge in [0.15, 0.2) is 0 Å². The lowest BCUT2D eigenvalue weighted by atomic mass is 10.0. The molecule has 0 fully saturated rings. The molecule has 2 nitrogen and oxygen atoms in total. The minimum Gasteiger partial charge on any atom is -0.385 e. The van der Waals surface area contributed by atoms with Gasteiger partial charge >= 0.3 is 0 Å². The van der Waals surface area contributed by atoms with Crippen molar-refractivity contribution in [1.82, 2.24) is 4.98 Å². The van der Waals surface area contributed by atoms with Crippen molar-refractivity contribution >= 4 is 27.2 Å². The summed E-state index contributed by atoms with van der Waals surface area (Å²) in [6.07, 6.45) is 2.51. The second-order valence-electron chi connectivity index (χ2n) is 4.51. The van der Waals surface area contributed by atoms with Crippen LogP contribution < -0.4 is 5.32 Å². The van der Waals surface area contributed by atoms with Crippen LogP contribution in [0.4, 0.5) is 5.69 Å². The third kappa shape index (κ3) is 2.93. The molecule has 0 amide bonds. The van der Waals surface area contributed by atoms with E-state index in [1.807, 2.05) is 23.7 Å². The molecular weight excluding hydrogens is 252 g/mol. The van der Waals surface area contributed by atoms with Crippen molar-refractivity contribution in [3.8, 4) is 0 Å². The van der Waals surface area contributed by atoms with Crippen LogP contribution in [0.15, 0.2) is 54.0 Å². The molecule has 2 heterocycles. The molecule has 0 saturated carbocycles. The third-order valence-electron chi connectivity index (χ3n) is 3.19. The number of benzene rings is 2. The second kappa shape index (κ2) is 5.85. The number of rotatable bonds is 0. The van der Waals surface area contributed by atoms with E-state index >= 15 is 0 Å². The van der Waals surface area contributed by atoms with Crippen LogP contribution >= 0.6 is 11.3 Å². The maximum atomic E-state index is 4.14. The zero-order chi connectivity index (χ0) is 12.9. The van der Waals surface area contributed by atoms with Gasteiger partial charge in [-0.05, 0) is 36.6 Å². The maximum absolute atomic E-state index is 4.14. The predicted molar refractivity (Wildman–Crippen MR) is 82.9 cm³/mol. The molecular formula is C16H16N2S. The monoisotopic (exact) mass is 268 g/mol. The van der Waals surface area contributed by atoms with Gasteiger partial charge in [-0.2, -0.15) is 0 Å². The van der Waals surface area contributed by atoms with E-state index in [-0.39, 0.29) is 0 Å². The normalized spacial score (nSPS) is 13.1. The largest absolute Gasteiger partial charge is 0.385 e. The van der Waals surface area contributed by atoms with Crippen LogP contribution in [-0.2, 0) is 6.42 Å². The Kier molecular flexibility index (Phi) is 3.75. The van der Waals surface area contributed by atoms with Crippen LogP contribution in [0.3, 0.4) is 0 Å². The molecule has 1 aromatic heterocycles. The average molecular weight is 268 g/mol. The first kappa shape index (κ1) is 12.2. The fourth-order valence-corrected chi connectivity index (χ4v) is 2.89. The number of anilines is 1. The Labute approximate surface area is 117 Å². The zero-order valence-corrected chi connectivity index (χ0v) is 11.5. The van der Waals surface area contributed by atoms with Gasteiger partial charge in [-0.1, -0.05) is 30.3 Å². The summed E-state index contributed by atoms with van der Waals surface area (Å²) in [5, 5.41) is 3.36. The summed E-state index contributed by atoms with van der Waals surface area (Å²) in [6, 6.07) is 16.7. The number of nitrogens with zero attached hydrogens (tertiary/aromatic N) is 1. The molecule has 0 saturated heterocycles. The van der Waals surface area contributed by atoms with Crippen LogP contribution in [0, 0.1) is 0 Å². The van der Waals surface area contributed by atoms with Crippen molar-refractivity contribution in [1.29, 1.82) is 0 Å². The molecule has 1 aliphatic heterocycles. The molecule has 1 aliphatic rings. The number of fused-ring (bicyclic) bond motifs is 2. The third-order valence-corrected chi connectivity index (χ3v) is 4.00. The quantitative estimate of drug-likeness (QED) is 0.656. The molecule has 0 bridgehead atoms.